The molecule has 0 radical (unpaired) electrons. The number of esters is 2. The summed E-state index contributed by atoms with van der Waals surface area (Å²) in [5.74, 6) is -6.93. The van der Waals surface area contributed by atoms with Gasteiger partial charge < -0.3 is 24.4 Å². The third kappa shape index (κ3) is 4.02. The van der Waals surface area contributed by atoms with E-state index in [9.17, 15) is 34.2 Å². The lowest BCUT2D eigenvalue weighted by Gasteiger charge is -2.23. The van der Waals surface area contributed by atoms with Gasteiger partial charge in [0.05, 0.1) is 38.0 Å². The third-order valence-corrected chi connectivity index (χ3v) is 5.37. The van der Waals surface area contributed by atoms with E-state index < -0.39 is 70.7 Å². The molecule has 0 saturated carbocycles. The summed E-state index contributed by atoms with van der Waals surface area (Å²) in [6.45, 7) is 0. The molecular weight excluding hydrogens is 436 g/mol. The SMILES string of the molecule is COC(=O)CC(=O)C(Cc1cc(O)c2c(c1O)C(=O)c1c(OC)cccc1C2=O)C(=O)OC. The predicted molar refractivity (Wildman–Crippen MR) is 110 cm³/mol. The molecule has 10 nitrogen and oxygen atoms in total. The molecule has 0 spiro atoms. The van der Waals surface area contributed by atoms with Crippen molar-refractivity contribution in [2.45, 2.75) is 12.8 Å². The quantitative estimate of drug-likeness (QED) is 0.302. The molecule has 0 saturated heterocycles. The van der Waals surface area contributed by atoms with Gasteiger partial charge in [-0.25, -0.2) is 0 Å². The van der Waals surface area contributed by atoms with Gasteiger partial charge in [-0.1, -0.05) is 12.1 Å². The van der Waals surface area contributed by atoms with Crippen LogP contribution in [0.4, 0.5) is 0 Å². The van der Waals surface area contributed by atoms with Crippen LogP contribution in [0, 0.1) is 5.92 Å². The molecule has 172 valence electrons. The summed E-state index contributed by atoms with van der Waals surface area (Å²) in [5, 5.41) is 21.4. The van der Waals surface area contributed by atoms with Crippen molar-refractivity contribution >= 4 is 29.3 Å². The molecule has 1 aliphatic rings. The Hall–Kier alpha value is -4.21. The fourth-order valence-electron chi connectivity index (χ4n) is 3.73. The normalized spacial score (nSPS) is 12.9. The van der Waals surface area contributed by atoms with E-state index in [-0.39, 0.29) is 22.4 Å². The fraction of sp³-hybridized carbons (Fsp3) is 0.261. The smallest absolute Gasteiger partial charge is 0.316 e. The second kappa shape index (κ2) is 9.11. The highest BCUT2D eigenvalue weighted by atomic mass is 16.5. The lowest BCUT2D eigenvalue weighted by Crippen LogP contribution is -2.30. The first-order valence-corrected chi connectivity index (χ1v) is 9.67. The van der Waals surface area contributed by atoms with Crippen molar-refractivity contribution < 1.29 is 48.4 Å². The summed E-state index contributed by atoms with van der Waals surface area (Å²) in [5.41, 5.74) is -1.14. The van der Waals surface area contributed by atoms with Crippen LogP contribution in [0.3, 0.4) is 0 Å². The van der Waals surface area contributed by atoms with Crippen LogP contribution in [0.2, 0.25) is 0 Å². The Morgan fingerprint density at radius 2 is 1.64 bits per heavy atom. The topological polar surface area (TPSA) is 154 Å². The number of aromatic hydroxyl groups is 2. The number of phenolic OH excluding ortho intramolecular Hbond substituents is 2. The third-order valence-electron chi connectivity index (χ3n) is 5.37. The molecule has 1 atom stereocenters. The molecule has 1 aliphatic carbocycles. The van der Waals surface area contributed by atoms with Gasteiger partial charge >= 0.3 is 11.9 Å². The second-order valence-corrected chi connectivity index (χ2v) is 7.19. The van der Waals surface area contributed by atoms with Gasteiger partial charge in [-0.3, -0.25) is 24.0 Å². The van der Waals surface area contributed by atoms with E-state index in [0.29, 0.717) is 0 Å². The van der Waals surface area contributed by atoms with Crippen LogP contribution in [-0.2, 0) is 30.3 Å². The zero-order valence-electron chi connectivity index (χ0n) is 18.0. The summed E-state index contributed by atoms with van der Waals surface area (Å²) in [6, 6.07) is 5.36. The molecule has 2 N–H and O–H groups in total. The number of Topliss-reactive ketones (excluding diaryl/α,β-unsaturated/α-hetero) is 1. The minimum Gasteiger partial charge on any atom is -0.507 e. The van der Waals surface area contributed by atoms with Gasteiger partial charge in [0, 0.05) is 5.56 Å². The number of carbonyl (C=O) groups excluding carboxylic acids is 5. The van der Waals surface area contributed by atoms with Crippen molar-refractivity contribution in [3.63, 3.8) is 0 Å². The van der Waals surface area contributed by atoms with E-state index >= 15 is 0 Å². The molecule has 3 rings (SSSR count). The van der Waals surface area contributed by atoms with Crippen LogP contribution >= 0.6 is 0 Å². The van der Waals surface area contributed by atoms with Gasteiger partial charge in [-0.05, 0) is 24.1 Å². The van der Waals surface area contributed by atoms with Gasteiger partial charge in [0.15, 0.2) is 11.6 Å². The number of hydrogen-bond acceptors (Lipinski definition) is 10. The molecule has 10 heteroatoms. The minimum atomic E-state index is -1.53. The average molecular weight is 456 g/mol. The number of fused-ring (bicyclic) bond motifs is 2. The number of methoxy groups -OCH3 is 3. The Morgan fingerprint density at radius 1 is 0.939 bits per heavy atom. The first-order valence-electron chi connectivity index (χ1n) is 9.67. The Bertz CT molecular complexity index is 1190. The number of benzene rings is 2. The van der Waals surface area contributed by atoms with Gasteiger partial charge in [0.1, 0.15) is 29.6 Å². The Balaban J connectivity index is 2.12. The van der Waals surface area contributed by atoms with E-state index in [1.54, 1.807) is 0 Å². The van der Waals surface area contributed by atoms with E-state index in [1.807, 2.05) is 0 Å². The Kier molecular flexibility index (Phi) is 6.47. The maximum absolute atomic E-state index is 13.2. The van der Waals surface area contributed by atoms with Crippen molar-refractivity contribution in [2.75, 3.05) is 21.3 Å². The van der Waals surface area contributed by atoms with Crippen molar-refractivity contribution in [1.29, 1.82) is 0 Å². The lowest BCUT2D eigenvalue weighted by atomic mass is 9.80. The molecule has 33 heavy (non-hydrogen) atoms. The van der Waals surface area contributed by atoms with E-state index in [1.165, 1.54) is 25.3 Å². The highest BCUT2D eigenvalue weighted by Gasteiger charge is 2.39. The standard InChI is InChI=1S/C23H20O10/c1-31-15-6-4-5-11-17(15)22(29)19-18(21(11)28)14(25)8-10(20(19)27)7-12(23(30)33-3)13(24)9-16(26)32-2/h4-6,8,12,25,27H,7,9H2,1-3H3. The minimum absolute atomic E-state index is 0.00464. The zero-order valence-corrected chi connectivity index (χ0v) is 18.0. The molecule has 0 bridgehead atoms. The van der Waals surface area contributed by atoms with Gasteiger partial charge in [0.2, 0.25) is 5.78 Å². The Labute approximate surface area is 187 Å². The molecule has 0 aromatic heterocycles. The molecule has 2 aromatic rings. The lowest BCUT2D eigenvalue weighted by molar-refractivity contribution is -0.151. The van der Waals surface area contributed by atoms with Crippen LogP contribution in [-0.4, -0.2) is 60.8 Å². The summed E-state index contributed by atoms with van der Waals surface area (Å²) in [6.07, 6.45) is -1.23. The van der Waals surface area contributed by atoms with Crippen molar-refractivity contribution in [2.24, 2.45) is 5.92 Å². The van der Waals surface area contributed by atoms with Crippen LogP contribution in [0.1, 0.15) is 43.8 Å². The van der Waals surface area contributed by atoms with Gasteiger partial charge in [-0.15, -0.1) is 0 Å². The maximum atomic E-state index is 13.2. The summed E-state index contributed by atoms with van der Waals surface area (Å²) in [4.78, 5) is 62.4. The van der Waals surface area contributed by atoms with Crippen LogP contribution in [0.5, 0.6) is 17.2 Å². The number of hydrogen-bond donors (Lipinski definition) is 2. The molecule has 0 amide bonds. The molecule has 1 unspecified atom stereocenters. The largest absolute Gasteiger partial charge is 0.507 e. The number of ether oxygens (including phenoxy) is 3. The fourth-order valence-corrected chi connectivity index (χ4v) is 3.73. The van der Waals surface area contributed by atoms with Crippen LogP contribution in [0.25, 0.3) is 0 Å². The van der Waals surface area contributed by atoms with Gasteiger partial charge in [-0.2, -0.15) is 0 Å². The first kappa shape index (κ1) is 23.5. The number of carbonyl (C=O) groups is 5. The summed E-state index contributed by atoms with van der Waals surface area (Å²) in [7, 11) is 3.42. The monoisotopic (exact) mass is 456 g/mol. The number of phenols is 2. The van der Waals surface area contributed by atoms with Crippen molar-refractivity contribution in [1.82, 2.24) is 0 Å². The van der Waals surface area contributed by atoms with E-state index in [0.717, 1.165) is 20.3 Å². The number of rotatable bonds is 7. The highest BCUT2D eigenvalue weighted by Crippen LogP contribution is 2.42. The molecule has 0 fully saturated rings. The van der Waals surface area contributed by atoms with Crippen LogP contribution < -0.4 is 4.74 Å². The predicted octanol–water partition coefficient (Wildman–Crippen LogP) is 1.35. The second-order valence-electron chi connectivity index (χ2n) is 7.19. The van der Waals surface area contributed by atoms with Crippen molar-refractivity contribution in [3.8, 4) is 17.2 Å². The summed E-state index contributed by atoms with van der Waals surface area (Å²) >= 11 is 0. The van der Waals surface area contributed by atoms with Gasteiger partial charge in [0.25, 0.3) is 0 Å². The first-order chi connectivity index (χ1) is 15.7. The molecule has 0 heterocycles. The average Bonchev–Trinajstić information content (AvgIpc) is 2.81. The van der Waals surface area contributed by atoms with E-state index in [2.05, 4.69) is 9.47 Å². The highest BCUT2D eigenvalue weighted by molar-refractivity contribution is 6.31. The van der Waals surface area contributed by atoms with Crippen molar-refractivity contribution in [3.05, 3.63) is 52.1 Å². The molecule has 0 aliphatic heterocycles. The number of ketones is 3. The Morgan fingerprint density at radius 3 is 2.24 bits per heavy atom. The zero-order chi connectivity index (χ0) is 24.4. The van der Waals surface area contributed by atoms with E-state index in [4.69, 9.17) is 4.74 Å². The molecule has 2 aromatic carbocycles. The molecular formula is C23H20O10. The maximum Gasteiger partial charge on any atom is 0.316 e. The summed E-state index contributed by atoms with van der Waals surface area (Å²) < 4.78 is 14.2. The van der Waals surface area contributed by atoms with Crippen LogP contribution in [0.15, 0.2) is 24.3 Å².